The normalized spacial score (nSPS) is 12.1. The number of carbonyl (C=O) groups is 2. The lowest BCUT2D eigenvalue weighted by atomic mass is 9.87. The Hall–Kier alpha value is -2.99. The van der Waals surface area contributed by atoms with Crippen molar-refractivity contribution in [3.63, 3.8) is 0 Å². The zero-order chi connectivity index (χ0) is 19.7. The number of rotatable bonds is 5. The number of carbonyl (C=O) groups excluding carboxylic acids is 1. The predicted octanol–water partition coefficient (Wildman–Crippen LogP) is 4.23. The van der Waals surface area contributed by atoms with Crippen molar-refractivity contribution in [3.8, 4) is 5.75 Å². The largest absolute Gasteiger partial charge is 0.508 e. The highest BCUT2D eigenvalue weighted by Gasteiger charge is 2.29. The summed E-state index contributed by atoms with van der Waals surface area (Å²) in [6, 6.07) is 9.30. The van der Waals surface area contributed by atoms with E-state index >= 15 is 0 Å². The van der Waals surface area contributed by atoms with Crippen molar-refractivity contribution in [2.45, 2.75) is 19.8 Å². The number of carboxylic acids is 1. The molecule has 7 heteroatoms. The summed E-state index contributed by atoms with van der Waals surface area (Å²) in [6.45, 7) is 3.65. The van der Waals surface area contributed by atoms with Gasteiger partial charge in [-0.2, -0.15) is 0 Å². The molecule has 3 aromatic rings. The van der Waals surface area contributed by atoms with E-state index in [-0.39, 0.29) is 17.4 Å². The third-order valence-electron chi connectivity index (χ3n) is 4.32. The second-order valence-corrected chi connectivity index (χ2v) is 6.57. The summed E-state index contributed by atoms with van der Waals surface area (Å²) in [5, 5.41) is 20.5. The van der Waals surface area contributed by atoms with Crippen LogP contribution in [0.5, 0.6) is 5.75 Å². The first kappa shape index (κ1) is 18.8. The van der Waals surface area contributed by atoms with E-state index in [0.717, 1.165) is 0 Å². The highest BCUT2D eigenvalue weighted by atomic mass is 35.5. The third-order valence-corrected chi connectivity index (χ3v) is 4.54. The summed E-state index contributed by atoms with van der Waals surface area (Å²) in [7, 11) is 0. The molecule has 3 rings (SSSR count). The number of ether oxygens (including phenoxy) is 1. The first-order chi connectivity index (χ1) is 12.8. The maximum atomic E-state index is 12.5. The van der Waals surface area contributed by atoms with Crippen LogP contribution in [0.3, 0.4) is 0 Å². The molecule has 27 heavy (non-hydrogen) atoms. The van der Waals surface area contributed by atoms with Gasteiger partial charge in [-0.15, -0.1) is 0 Å². The molecule has 1 heterocycles. The molecule has 1 aromatic heterocycles. The summed E-state index contributed by atoms with van der Waals surface area (Å²) >= 11 is 6.00. The van der Waals surface area contributed by atoms with E-state index < -0.39 is 17.9 Å². The van der Waals surface area contributed by atoms with Gasteiger partial charge in [0.15, 0.2) is 0 Å². The highest BCUT2D eigenvalue weighted by Crippen LogP contribution is 2.36. The molecule has 0 aliphatic rings. The summed E-state index contributed by atoms with van der Waals surface area (Å²) in [4.78, 5) is 27.7. The number of aliphatic carboxylic acids is 1. The number of phenols is 1. The maximum Gasteiger partial charge on any atom is 0.340 e. The Morgan fingerprint density at radius 1 is 1.26 bits per heavy atom. The molecular weight excluding hydrogens is 370 g/mol. The van der Waals surface area contributed by atoms with Crippen LogP contribution in [-0.2, 0) is 9.53 Å². The van der Waals surface area contributed by atoms with E-state index in [1.54, 1.807) is 32.0 Å². The molecule has 2 aromatic carbocycles. The topological polar surface area (TPSA) is 99.6 Å². The fraction of sp³-hybridized carbons (Fsp3) is 0.200. The molecule has 6 nitrogen and oxygen atoms in total. The van der Waals surface area contributed by atoms with Crippen LogP contribution >= 0.6 is 11.6 Å². The number of carboxylic acid groups (broad SMARTS) is 1. The number of nitrogens with one attached hydrogen (secondary N) is 1. The number of aromatic amines is 1. The summed E-state index contributed by atoms with van der Waals surface area (Å²) < 4.78 is 5.15. The fourth-order valence-corrected chi connectivity index (χ4v) is 3.56. The zero-order valence-corrected chi connectivity index (χ0v) is 15.5. The van der Waals surface area contributed by atoms with Gasteiger partial charge in [0.1, 0.15) is 11.7 Å². The van der Waals surface area contributed by atoms with Crippen molar-refractivity contribution >= 4 is 34.4 Å². The van der Waals surface area contributed by atoms with E-state index in [9.17, 15) is 19.8 Å². The second-order valence-electron chi connectivity index (χ2n) is 6.13. The van der Waals surface area contributed by atoms with Crippen LogP contribution < -0.4 is 0 Å². The number of esters is 1. The molecule has 0 amide bonds. The number of aromatic nitrogens is 1. The van der Waals surface area contributed by atoms with E-state index in [2.05, 4.69) is 4.98 Å². The van der Waals surface area contributed by atoms with Crippen LogP contribution in [0.15, 0.2) is 36.4 Å². The average molecular weight is 388 g/mol. The number of aromatic hydroxyl groups is 1. The van der Waals surface area contributed by atoms with Crippen molar-refractivity contribution in [2.75, 3.05) is 6.61 Å². The van der Waals surface area contributed by atoms with Gasteiger partial charge in [0.05, 0.1) is 12.2 Å². The summed E-state index contributed by atoms with van der Waals surface area (Å²) in [6.07, 6.45) is 0. The van der Waals surface area contributed by atoms with Crippen molar-refractivity contribution < 1.29 is 24.5 Å². The molecule has 0 saturated heterocycles. The molecule has 0 aliphatic carbocycles. The van der Waals surface area contributed by atoms with Gasteiger partial charge < -0.3 is 19.9 Å². The second kappa shape index (κ2) is 7.32. The van der Waals surface area contributed by atoms with E-state index in [4.69, 9.17) is 16.3 Å². The molecule has 0 spiro atoms. The van der Waals surface area contributed by atoms with Gasteiger partial charge in [-0.05, 0) is 49.2 Å². The van der Waals surface area contributed by atoms with Gasteiger partial charge in [-0.25, -0.2) is 4.79 Å². The first-order valence-corrected chi connectivity index (χ1v) is 8.71. The number of hydrogen-bond acceptors (Lipinski definition) is 4. The van der Waals surface area contributed by atoms with Gasteiger partial charge in [0.25, 0.3) is 0 Å². The number of benzene rings is 2. The lowest BCUT2D eigenvalue weighted by molar-refractivity contribution is -0.137. The monoisotopic (exact) mass is 387 g/mol. The van der Waals surface area contributed by atoms with Gasteiger partial charge in [-0.3, -0.25) is 4.79 Å². The zero-order valence-electron chi connectivity index (χ0n) is 14.7. The molecule has 1 unspecified atom stereocenters. The average Bonchev–Trinajstić information content (AvgIpc) is 2.90. The Labute approximate surface area is 160 Å². The van der Waals surface area contributed by atoms with Crippen LogP contribution in [0.4, 0.5) is 0 Å². The molecule has 1 atom stereocenters. The van der Waals surface area contributed by atoms with E-state index in [1.165, 1.54) is 18.2 Å². The standard InChI is InChI=1S/C20H18ClNO5/c1-3-27-20(26)16-10(2)22-15-6-4-5-14(18(15)16)17(19(24)25)11-7-12(21)9-13(23)8-11/h4-9,17,22-23H,3H2,1-2H3,(H,24,25). The maximum absolute atomic E-state index is 12.5. The van der Waals surface area contributed by atoms with Crippen LogP contribution in [0.1, 0.15) is 40.0 Å². The van der Waals surface area contributed by atoms with Crippen molar-refractivity contribution in [2.24, 2.45) is 0 Å². The van der Waals surface area contributed by atoms with Crippen LogP contribution in [0.2, 0.25) is 5.02 Å². The lowest BCUT2D eigenvalue weighted by Gasteiger charge is -2.16. The smallest absolute Gasteiger partial charge is 0.340 e. The molecular formula is C20H18ClNO5. The number of fused-ring (bicyclic) bond motifs is 1. The van der Waals surface area contributed by atoms with Crippen LogP contribution in [0.25, 0.3) is 10.9 Å². The van der Waals surface area contributed by atoms with Gasteiger partial charge in [0.2, 0.25) is 0 Å². The Morgan fingerprint density at radius 2 is 2.00 bits per heavy atom. The lowest BCUT2D eigenvalue weighted by Crippen LogP contribution is -2.15. The van der Waals surface area contributed by atoms with Gasteiger partial charge >= 0.3 is 11.9 Å². The third kappa shape index (κ3) is 3.48. The van der Waals surface area contributed by atoms with Crippen molar-refractivity contribution in [3.05, 3.63) is 63.8 Å². The van der Waals surface area contributed by atoms with E-state index in [0.29, 0.717) is 33.3 Å². The first-order valence-electron chi connectivity index (χ1n) is 8.34. The number of phenolic OH excluding ortho intramolecular Hbond substituents is 1. The molecule has 140 valence electrons. The number of H-pyrrole nitrogens is 1. The molecule has 0 bridgehead atoms. The number of hydrogen-bond donors (Lipinski definition) is 3. The van der Waals surface area contributed by atoms with Crippen molar-refractivity contribution in [1.82, 2.24) is 4.98 Å². The van der Waals surface area contributed by atoms with Gasteiger partial charge in [-0.1, -0.05) is 23.7 Å². The molecule has 0 radical (unpaired) electrons. The van der Waals surface area contributed by atoms with Crippen LogP contribution in [-0.4, -0.2) is 33.7 Å². The minimum atomic E-state index is -1.13. The molecule has 0 fully saturated rings. The van der Waals surface area contributed by atoms with Crippen LogP contribution in [0, 0.1) is 6.92 Å². The Balaban J connectivity index is 2.30. The van der Waals surface area contributed by atoms with E-state index in [1.807, 2.05) is 0 Å². The minimum Gasteiger partial charge on any atom is -0.508 e. The molecule has 0 saturated carbocycles. The molecule has 3 N–H and O–H groups in total. The Bertz CT molecular complexity index is 1020. The molecule has 0 aliphatic heterocycles. The summed E-state index contributed by atoms with van der Waals surface area (Å²) in [5.74, 6) is -2.90. The quantitative estimate of drug-likeness (QED) is 0.569. The highest BCUT2D eigenvalue weighted by molar-refractivity contribution is 6.30. The van der Waals surface area contributed by atoms with Gasteiger partial charge in [0, 0.05) is 21.6 Å². The Morgan fingerprint density at radius 3 is 2.63 bits per heavy atom. The SMILES string of the molecule is CCOC(=O)c1c(C)[nH]c2cccc(C(C(=O)O)c3cc(O)cc(Cl)c3)c12. The Kier molecular flexibility index (Phi) is 5.10. The fourth-order valence-electron chi connectivity index (χ4n) is 3.32. The predicted molar refractivity (Wildman–Crippen MR) is 102 cm³/mol. The summed E-state index contributed by atoms with van der Waals surface area (Å²) in [5.41, 5.74) is 2.25. The number of halogens is 1. The number of aryl methyl sites for hydroxylation is 1. The van der Waals surface area contributed by atoms with Crippen molar-refractivity contribution in [1.29, 1.82) is 0 Å². The minimum absolute atomic E-state index is 0.133.